The molecule has 5 nitrogen and oxygen atoms in total. The first-order valence-corrected chi connectivity index (χ1v) is 5.64. The van der Waals surface area contributed by atoms with Crippen LogP contribution in [0.5, 0.6) is 0 Å². The molecule has 6 heteroatoms. The van der Waals surface area contributed by atoms with Crippen molar-refractivity contribution in [1.82, 2.24) is 5.01 Å². The zero-order valence-corrected chi connectivity index (χ0v) is 9.76. The quantitative estimate of drug-likeness (QED) is 0.273. The number of nitrogens with zero attached hydrogens (tertiary/aromatic N) is 3. The summed E-state index contributed by atoms with van der Waals surface area (Å²) < 4.78 is 0. The first kappa shape index (κ1) is 12.4. The molecule has 0 atom stereocenters. The maximum Gasteiger partial charge on any atom is 0.253 e. The summed E-state index contributed by atoms with van der Waals surface area (Å²) >= 11 is 1.66. The second kappa shape index (κ2) is 6.73. The van der Waals surface area contributed by atoms with E-state index < -0.39 is 0 Å². The topological polar surface area (TPSA) is 74.2 Å². The molecule has 86 valence electrons. The fourth-order valence-corrected chi connectivity index (χ4v) is 1.61. The number of guanidine groups is 1. The molecule has 0 saturated carbocycles. The van der Waals surface area contributed by atoms with Crippen LogP contribution in [0.3, 0.4) is 0 Å². The second-order valence-corrected chi connectivity index (χ2v) is 4.00. The minimum Gasteiger partial charge on any atom is -0.408 e. The van der Waals surface area contributed by atoms with Crippen LogP contribution in [0.1, 0.15) is 0 Å². The van der Waals surface area contributed by atoms with Crippen molar-refractivity contribution in [2.24, 2.45) is 16.0 Å². The third-order valence-electron chi connectivity index (χ3n) is 1.76. The lowest BCUT2D eigenvalue weighted by Gasteiger charge is -2.08. The third-order valence-corrected chi connectivity index (χ3v) is 2.68. The Balaban J connectivity index is 2.33. The van der Waals surface area contributed by atoms with Crippen LogP contribution in [-0.2, 0) is 0 Å². The van der Waals surface area contributed by atoms with Gasteiger partial charge in [0.25, 0.3) is 5.96 Å². The highest BCUT2D eigenvalue weighted by molar-refractivity contribution is 7.99. The van der Waals surface area contributed by atoms with Gasteiger partial charge in [0.1, 0.15) is 0 Å². The van der Waals surface area contributed by atoms with E-state index in [1.165, 1.54) is 9.90 Å². The van der Waals surface area contributed by atoms with Crippen LogP contribution in [0, 0.1) is 0 Å². The van der Waals surface area contributed by atoms with Crippen molar-refractivity contribution in [3.8, 4) is 0 Å². The number of nitrogens with two attached hydrogens (primary N) is 1. The Hall–Kier alpha value is -1.69. The zero-order valence-electron chi connectivity index (χ0n) is 8.95. The molecule has 3 N–H and O–H groups in total. The fraction of sp³-hybridized carbons (Fsp3) is 0.200. The summed E-state index contributed by atoms with van der Waals surface area (Å²) in [5.41, 5.74) is 5.32. The first-order chi connectivity index (χ1) is 7.74. The van der Waals surface area contributed by atoms with Crippen LogP contribution in [0.2, 0.25) is 0 Å². The molecular formula is C10H14N4OS. The Morgan fingerprint density at radius 3 is 2.81 bits per heavy atom. The number of hydrazone groups is 1. The van der Waals surface area contributed by atoms with E-state index >= 15 is 0 Å². The molecule has 0 amide bonds. The van der Waals surface area contributed by atoms with Crippen molar-refractivity contribution in [1.29, 1.82) is 0 Å². The molecule has 0 radical (unpaired) electrons. The van der Waals surface area contributed by atoms with Gasteiger partial charge in [0, 0.05) is 23.9 Å². The Morgan fingerprint density at radius 2 is 2.19 bits per heavy atom. The van der Waals surface area contributed by atoms with Crippen LogP contribution in [-0.4, -0.2) is 35.2 Å². The maximum absolute atomic E-state index is 8.38. The molecular weight excluding hydrogens is 224 g/mol. The molecule has 0 aromatic heterocycles. The van der Waals surface area contributed by atoms with Gasteiger partial charge in [-0.2, -0.15) is 5.10 Å². The van der Waals surface area contributed by atoms with Crippen LogP contribution >= 0.6 is 11.8 Å². The van der Waals surface area contributed by atoms with Gasteiger partial charge in [-0.05, 0) is 17.3 Å². The molecule has 1 rings (SSSR count). The minimum absolute atomic E-state index is 0.0408. The van der Waals surface area contributed by atoms with Gasteiger partial charge in [-0.15, -0.1) is 11.8 Å². The lowest BCUT2D eigenvalue weighted by Crippen LogP contribution is -2.29. The standard InChI is InChI=1S/C10H14N4OS/c1-14(10(11)13-15)12-7-8-16-9-5-3-2-4-6-9/h2-7,15H,8H2,1H3,(H2,11,13)/b12-7+. The summed E-state index contributed by atoms with van der Waals surface area (Å²) in [6, 6.07) is 10.0. The number of thioether (sulfide) groups is 1. The third kappa shape index (κ3) is 4.22. The maximum atomic E-state index is 8.38. The highest BCUT2D eigenvalue weighted by Gasteiger charge is 1.96. The molecule has 0 aliphatic rings. The van der Waals surface area contributed by atoms with E-state index in [0.29, 0.717) is 0 Å². The van der Waals surface area contributed by atoms with E-state index in [1.54, 1.807) is 25.0 Å². The monoisotopic (exact) mass is 238 g/mol. The summed E-state index contributed by atoms with van der Waals surface area (Å²) in [5.74, 6) is 0.688. The largest absolute Gasteiger partial charge is 0.408 e. The zero-order chi connectivity index (χ0) is 11.8. The highest BCUT2D eigenvalue weighted by atomic mass is 32.2. The molecule has 1 aromatic rings. The Bertz CT molecular complexity index is 366. The number of oxime groups is 1. The normalized spacial score (nSPS) is 11.9. The predicted octanol–water partition coefficient (Wildman–Crippen LogP) is 1.40. The van der Waals surface area contributed by atoms with Gasteiger partial charge < -0.3 is 10.9 Å². The minimum atomic E-state index is -0.0408. The number of rotatable bonds is 4. The molecule has 0 aliphatic heterocycles. The Morgan fingerprint density at radius 1 is 1.50 bits per heavy atom. The average molecular weight is 238 g/mol. The van der Waals surface area contributed by atoms with E-state index in [4.69, 9.17) is 10.9 Å². The molecule has 16 heavy (non-hydrogen) atoms. The van der Waals surface area contributed by atoms with Crippen molar-refractivity contribution >= 4 is 23.9 Å². The van der Waals surface area contributed by atoms with E-state index in [2.05, 4.69) is 10.3 Å². The molecule has 0 bridgehead atoms. The second-order valence-electron chi connectivity index (χ2n) is 2.90. The van der Waals surface area contributed by atoms with E-state index in [1.807, 2.05) is 30.3 Å². The van der Waals surface area contributed by atoms with Crippen molar-refractivity contribution < 1.29 is 5.21 Å². The SMILES string of the molecule is CN(/N=C/CSc1ccccc1)/C(N)=N/O. The lowest BCUT2D eigenvalue weighted by molar-refractivity contribution is 0.306. The van der Waals surface area contributed by atoms with Crippen molar-refractivity contribution in [2.75, 3.05) is 12.8 Å². The highest BCUT2D eigenvalue weighted by Crippen LogP contribution is 2.15. The van der Waals surface area contributed by atoms with E-state index in [9.17, 15) is 0 Å². The Kier molecular flexibility index (Phi) is 5.21. The van der Waals surface area contributed by atoms with Crippen molar-refractivity contribution in [2.45, 2.75) is 4.90 Å². The van der Waals surface area contributed by atoms with Gasteiger partial charge in [-0.3, -0.25) is 0 Å². The van der Waals surface area contributed by atoms with Crippen LogP contribution < -0.4 is 5.73 Å². The van der Waals surface area contributed by atoms with Gasteiger partial charge in [0.05, 0.1) is 0 Å². The molecule has 0 heterocycles. The average Bonchev–Trinajstić information content (AvgIpc) is 2.34. The van der Waals surface area contributed by atoms with Gasteiger partial charge in [0.15, 0.2) is 0 Å². The van der Waals surface area contributed by atoms with Gasteiger partial charge >= 0.3 is 0 Å². The van der Waals surface area contributed by atoms with Crippen molar-refractivity contribution in [3.63, 3.8) is 0 Å². The number of hydrogen-bond acceptors (Lipinski definition) is 4. The predicted molar refractivity (Wildman–Crippen MR) is 66.8 cm³/mol. The van der Waals surface area contributed by atoms with Gasteiger partial charge in [-0.25, -0.2) is 5.01 Å². The van der Waals surface area contributed by atoms with Crippen LogP contribution in [0.4, 0.5) is 0 Å². The summed E-state index contributed by atoms with van der Waals surface area (Å²) in [6.45, 7) is 0. The molecule has 0 fully saturated rings. The smallest absolute Gasteiger partial charge is 0.253 e. The summed E-state index contributed by atoms with van der Waals surface area (Å²) in [4.78, 5) is 1.18. The first-order valence-electron chi connectivity index (χ1n) is 4.65. The summed E-state index contributed by atoms with van der Waals surface area (Å²) in [6.07, 6.45) is 1.70. The van der Waals surface area contributed by atoms with Crippen molar-refractivity contribution in [3.05, 3.63) is 30.3 Å². The molecule has 0 unspecified atom stereocenters. The molecule has 0 saturated heterocycles. The summed E-state index contributed by atoms with van der Waals surface area (Å²) in [7, 11) is 1.61. The number of hydrogen-bond donors (Lipinski definition) is 2. The molecule has 0 aliphatic carbocycles. The fourth-order valence-electron chi connectivity index (χ4n) is 0.930. The number of benzene rings is 1. The van der Waals surface area contributed by atoms with Crippen LogP contribution in [0.25, 0.3) is 0 Å². The van der Waals surface area contributed by atoms with E-state index in [0.717, 1.165) is 5.75 Å². The molecule has 0 spiro atoms. The lowest BCUT2D eigenvalue weighted by atomic mass is 10.4. The van der Waals surface area contributed by atoms with Crippen LogP contribution in [0.15, 0.2) is 45.5 Å². The van der Waals surface area contributed by atoms with E-state index in [-0.39, 0.29) is 5.96 Å². The van der Waals surface area contributed by atoms with Gasteiger partial charge in [-0.1, -0.05) is 18.2 Å². The summed E-state index contributed by atoms with van der Waals surface area (Å²) in [5, 5.41) is 16.5. The Labute approximate surface area is 98.6 Å². The molecule has 1 aromatic carbocycles. The van der Waals surface area contributed by atoms with Gasteiger partial charge in [0.2, 0.25) is 0 Å².